The Bertz CT molecular complexity index is 1020. The highest BCUT2D eigenvalue weighted by molar-refractivity contribution is 7.90. The molecule has 0 unspecified atom stereocenters. The van der Waals surface area contributed by atoms with Crippen LogP contribution in [0.3, 0.4) is 0 Å². The van der Waals surface area contributed by atoms with E-state index < -0.39 is 10.0 Å². The van der Waals surface area contributed by atoms with Crippen molar-refractivity contribution < 1.29 is 8.42 Å². The molecule has 2 heterocycles. The Kier molecular flexibility index (Phi) is 3.85. The zero-order valence-electron chi connectivity index (χ0n) is 13.3. The molecule has 6 nitrogen and oxygen atoms in total. The van der Waals surface area contributed by atoms with Crippen LogP contribution in [0.25, 0.3) is 0 Å². The molecule has 2 aromatic carbocycles. The van der Waals surface area contributed by atoms with Gasteiger partial charge in [-0.1, -0.05) is 36.4 Å². The molecular formula is C18H16N4O2S. The molecule has 0 saturated heterocycles. The van der Waals surface area contributed by atoms with Gasteiger partial charge in [0.2, 0.25) is 0 Å². The zero-order valence-corrected chi connectivity index (χ0v) is 14.1. The molecule has 1 aliphatic heterocycles. The van der Waals surface area contributed by atoms with E-state index in [1.807, 2.05) is 41.1 Å². The van der Waals surface area contributed by atoms with Gasteiger partial charge in [0, 0.05) is 24.5 Å². The van der Waals surface area contributed by atoms with Crippen LogP contribution in [0.5, 0.6) is 0 Å². The van der Waals surface area contributed by atoms with E-state index in [0.717, 1.165) is 12.1 Å². The summed E-state index contributed by atoms with van der Waals surface area (Å²) in [5.41, 5.74) is 2.81. The first-order chi connectivity index (χ1) is 12.1. The van der Waals surface area contributed by atoms with E-state index in [4.69, 9.17) is 0 Å². The molecule has 7 heteroatoms. The lowest BCUT2D eigenvalue weighted by molar-refractivity contribution is 0.595. The minimum absolute atomic E-state index is 0.282. The van der Waals surface area contributed by atoms with Gasteiger partial charge in [0.15, 0.2) is 0 Å². The number of hydrogen-bond donors (Lipinski definition) is 1. The Morgan fingerprint density at radius 1 is 1.04 bits per heavy atom. The number of rotatable bonds is 4. The van der Waals surface area contributed by atoms with Crippen LogP contribution >= 0.6 is 0 Å². The van der Waals surface area contributed by atoms with Gasteiger partial charge in [-0.2, -0.15) is 0 Å². The fourth-order valence-electron chi connectivity index (χ4n) is 2.76. The minimum Gasteiger partial charge on any atom is -0.333 e. The number of imidazole rings is 1. The summed E-state index contributed by atoms with van der Waals surface area (Å²) >= 11 is 0. The summed E-state index contributed by atoms with van der Waals surface area (Å²) in [4.78, 5) is 8.76. The number of aliphatic imine (C=N–C) groups is 1. The predicted molar refractivity (Wildman–Crippen MR) is 94.8 cm³/mol. The summed E-state index contributed by atoms with van der Waals surface area (Å²) in [6, 6.07) is 15.0. The van der Waals surface area contributed by atoms with E-state index in [2.05, 4.69) is 14.7 Å². The van der Waals surface area contributed by atoms with Crippen LogP contribution in [0.4, 0.5) is 0 Å². The lowest BCUT2D eigenvalue weighted by atomic mass is 10.1. The molecule has 0 amide bonds. The average Bonchev–Trinajstić information content (AvgIpc) is 3.21. The maximum absolute atomic E-state index is 12.1. The third-order valence-corrected chi connectivity index (χ3v) is 5.43. The summed E-state index contributed by atoms with van der Waals surface area (Å²) < 4.78 is 28.7. The van der Waals surface area contributed by atoms with Crippen molar-refractivity contribution >= 4 is 15.9 Å². The van der Waals surface area contributed by atoms with Crippen molar-refractivity contribution in [3.8, 4) is 0 Å². The third kappa shape index (κ3) is 3.18. The summed E-state index contributed by atoms with van der Waals surface area (Å²) in [5.74, 6) is 0.401. The molecule has 1 aliphatic rings. The first-order valence-corrected chi connectivity index (χ1v) is 9.30. The molecule has 0 radical (unpaired) electrons. The highest BCUT2D eigenvalue weighted by Crippen LogP contribution is 2.22. The second-order valence-corrected chi connectivity index (χ2v) is 7.47. The fraction of sp³-hybridized carbons (Fsp3) is 0.111. The molecule has 1 N–H and O–H groups in total. The Morgan fingerprint density at radius 3 is 2.56 bits per heavy atom. The topological polar surface area (TPSA) is 76.3 Å². The van der Waals surface area contributed by atoms with Gasteiger partial charge < -0.3 is 4.57 Å². The van der Waals surface area contributed by atoms with Crippen molar-refractivity contribution in [1.29, 1.82) is 0 Å². The first kappa shape index (κ1) is 15.6. The Hall–Kier alpha value is -2.93. The van der Waals surface area contributed by atoms with E-state index in [0.29, 0.717) is 17.9 Å². The van der Waals surface area contributed by atoms with Crippen LogP contribution < -0.4 is 4.72 Å². The second kappa shape index (κ2) is 6.18. The Balaban J connectivity index is 1.51. The largest absolute Gasteiger partial charge is 0.333 e. The van der Waals surface area contributed by atoms with Crippen molar-refractivity contribution in [2.45, 2.75) is 18.0 Å². The van der Waals surface area contributed by atoms with E-state index >= 15 is 0 Å². The second-order valence-electron chi connectivity index (χ2n) is 5.82. The average molecular weight is 352 g/mol. The summed E-state index contributed by atoms with van der Waals surface area (Å²) in [6.45, 7) is 1.18. The fourth-order valence-corrected chi connectivity index (χ4v) is 4.01. The van der Waals surface area contributed by atoms with Gasteiger partial charge in [-0.15, -0.1) is 0 Å². The van der Waals surface area contributed by atoms with Crippen molar-refractivity contribution in [3.63, 3.8) is 0 Å². The normalized spacial score (nSPS) is 16.6. The van der Waals surface area contributed by atoms with Crippen LogP contribution in [0.15, 0.2) is 77.1 Å². The van der Waals surface area contributed by atoms with E-state index in [1.54, 1.807) is 30.7 Å². The quantitative estimate of drug-likeness (QED) is 0.782. The van der Waals surface area contributed by atoms with Gasteiger partial charge in [0.05, 0.1) is 17.8 Å². The standard InChI is InChI=1S/C18H16N4O2S/c23-25(24)17-4-2-1-3-16(17)18(21-25)20-11-14-5-7-15(8-6-14)12-22-10-9-19-13-22/h1-10,13H,11-12H2,(H,20,21). The van der Waals surface area contributed by atoms with Gasteiger partial charge >= 0.3 is 0 Å². The number of sulfonamides is 1. The van der Waals surface area contributed by atoms with Gasteiger partial charge in [-0.3, -0.25) is 9.71 Å². The number of aromatic nitrogens is 2. The van der Waals surface area contributed by atoms with Crippen molar-refractivity contribution in [2.75, 3.05) is 0 Å². The molecule has 0 aliphatic carbocycles. The molecule has 0 bridgehead atoms. The first-order valence-electron chi connectivity index (χ1n) is 7.82. The number of hydrogen-bond acceptors (Lipinski definition) is 4. The van der Waals surface area contributed by atoms with Crippen molar-refractivity contribution in [1.82, 2.24) is 14.3 Å². The van der Waals surface area contributed by atoms with Gasteiger partial charge in [-0.25, -0.2) is 13.4 Å². The van der Waals surface area contributed by atoms with Gasteiger partial charge in [0.1, 0.15) is 5.84 Å². The van der Waals surface area contributed by atoms with Crippen LogP contribution in [0, 0.1) is 0 Å². The van der Waals surface area contributed by atoms with Gasteiger partial charge in [0.25, 0.3) is 10.0 Å². The van der Waals surface area contributed by atoms with E-state index in [1.165, 1.54) is 5.56 Å². The zero-order chi connectivity index (χ0) is 17.3. The van der Waals surface area contributed by atoms with Crippen LogP contribution in [-0.2, 0) is 23.1 Å². The minimum atomic E-state index is -3.48. The molecule has 1 aromatic heterocycles. The number of fused-ring (bicyclic) bond motifs is 1. The highest BCUT2D eigenvalue weighted by atomic mass is 32.2. The maximum atomic E-state index is 12.1. The maximum Gasteiger partial charge on any atom is 0.263 e. The molecule has 0 spiro atoms. The highest BCUT2D eigenvalue weighted by Gasteiger charge is 2.29. The predicted octanol–water partition coefficient (Wildman–Crippen LogP) is 2.17. The lowest BCUT2D eigenvalue weighted by Gasteiger charge is -2.04. The number of nitrogens with zero attached hydrogens (tertiary/aromatic N) is 3. The SMILES string of the molecule is O=S1(=O)NC(=NCc2ccc(Cn3ccnc3)cc2)c2ccccc21. The van der Waals surface area contributed by atoms with Crippen molar-refractivity contribution in [3.05, 3.63) is 83.9 Å². The molecule has 126 valence electrons. The molecule has 25 heavy (non-hydrogen) atoms. The Labute approximate surface area is 145 Å². The smallest absolute Gasteiger partial charge is 0.263 e. The van der Waals surface area contributed by atoms with Crippen molar-refractivity contribution in [2.24, 2.45) is 4.99 Å². The molecule has 0 fully saturated rings. The third-order valence-electron chi connectivity index (χ3n) is 4.03. The monoisotopic (exact) mass is 352 g/mol. The molecule has 3 aromatic rings. The number of amidine groups is 1. The molecule has 4 rings (SSSR count). The molecule has 0 saturated carbocycles. The van der Waals surface area contributed by atoms with E-state index in [9.17, 15) is 8.42 Å². The summed E-state index contributed by atoms with van der Waals surface area (Å²) in [6.07, 6.45) is 5.46. The molecular weight excluding hydrogens is 336 g/mol. The van der Waals surface area contributed by atoms with E-state index in [-0.39, 0.29) is 4.90 Å². The van der Waals surface area contributed by atoms with Gasteiger partial charge in [-0.05, 0) is 23.3 Å². The number of nitrogens with one attached hydrogen (secondary N) is 1. The van der Waals surface area contributed by atoms with Crippen LogP contribution in [0.2, 0.25) is 0 Å². The number of benzene rings is 2. The van der Waals surface area contributed by atoms with Crippen LogP contribution in [0.1, 0.15) is 16.7 Å². The lowest BCUT2D eigenvalue weighted by Crippen LogP contribution is -2.22. The Morgan fingerprint density at radius 2 is 1.80 bits per heavy atom. The molecule has 0 atom stereocenters. The van der Waals surface area contributed by atoms with Crippen LogP contribution in [-0.4, -0.2) is 23.8 Å². The summed E-state index contributed by atoms with van der Waals surface area (Å²) in [5, 5.41) is 0. The summed E-state index contributed by atoms with van der Waals surface area (Å²) in [7, 11) is -3.48.